The van der Waals surface area contributed by atoms with Crippen molar-refractivity contribution in [2.45, 2.75) is 58.0 Å². The van der Waals surface area contributed by atoms with Gasteiger partial charge in [0.2, 0.25) is 0 Å². The quantitative estimate of drug-likeness (QED) is 0.706. The van der Waals surface area contributed by atoms with E-state index in [0.29, 0.717) is 12.5 Å². The first-order valence-corrected chi connectivity index (χ1v) is 7.22. The van der Waals surface area contributed by atoms with Gasteiger partial charge in [-0.1, -0.05) is 19.8 Å². The summed E-state index contributed by atoms with van der Waals surface area (Å²) >= 11 is 0. The van der Waals surface area contributed by atoms with Gasteiger partial charge in [-0.15, -0.1) is 0 Å². The number of hydrogen-bond acceptors (Lipinski definition) is 2. The second-order valence-electron chi connectivity index (χ2n) is 6.17. The summed E-state index contributed by atoms with van der Waals surface area (Å²) < 4.78 is 36.1. The van der Waals surface area contributed by atoms with Gasteiger partial charge in [0.25, 0.3) is 0 Å². The standard InChI is InChI=1S/C14H24F3NO2/c1-11-4-2-5-13(8-11,9-12(19)20)10-18-7-3-6-14(15,16)17/h11,18H,2-10H2,1H3,(H,19,20)/t11-,13-/m1/s1. The van der Waals surface area contributed by atoms with Crippen LogP contribution in [0.3, 0.4) is 0 Å². The molecule has 1 fully saturated rings. The fourth-order valence-electron chi connectivity index (χ4n) is 3.24. The lowest BCUT2D eigenvalue weighted by molar-refractivity contribution is -0.140. The van der Waals surface area contributed by atoms with Gasteiger partial charge >= 0.3 is 12.1 Å². The Morgan fingerprint density at radius 1 is 1.45 bits per heavy atom. The molecule has 0 aromatic carbocycles. The topological polar surface area (TPSA) is 49.3 Å². The fraction of sp³-hybridized carbons (Fsp3) is 0.929. The molecule has 0 spiro atoms. The Kier molecular flexibility index (Phi) is 6.30. The highest BCUT2D eigenvalue weighted by molar-refractivity contribution is 5.67. The molecule has 1 rings (SSSR count). The Balaban J connectivity index is 2.39. The minimum absolute atomic E-state index is 0.0439. The number of alkyl halides is 3. The van der Waals surface area contributed by atoms with Gasteiger partial charge in [0.05, 0.1) is 6.42 Å². The number of carboxylic acids is 1. The predicted molar refractivity (Wildman–Crippen MR) is 70.5 cm³/mol. The third-order valence-electron chi connectivity index (χ3n) is 4.03. The summed E-state index contributed by atoms with van der Waals surface area (Å²) in [5.41, 5.74) is -0.290. The van der Waals surface area contributed by atoms with Crippen LogP contribution in [0.1, 0.15) is 51.9 Å². The molecule has 0 bridgehead atoms. The maximum atomic E-state index is 12.0. The van der Waals surface area contributed by atoms with E-state index in [1.165, 1.54) is 0 Å². The van der Waals surface area contributed by atoms with Gasteiger partial charge in [-0.25, -0.2) is 0 Å². The Morgan fingerprint density at radius 3 is 2.70 bits per heavy atom. The summed E-state index contributed by atoms with van der Waals surface area (Å²) in [5.74, 6) is -0.337. The number of hydrogen-bond donors (Lipinski definition) is 2. The van der Waals surface area contributed by atoms with Crippen molar-refractivity contribution in [1.29, 1.82) is 0 Å². The average molecular weight is 295 g/mol. The molecule has 0 radical (unpaired) electrons. The van der Waals surface area contributed by atoms with E-state index in [2.05, 4.69) is 12.2 Å². The lowest BCUT2D eigenvalue weighted by atomic mass is 9.68. The van der Waals surface area contributed by atoms with E-state index in [4.69, 9.17) is 5.11 Å². The minimum atomic E-state index is -4.11. The Hall–Kier alpha value is -0.780. The molecular weight excluding hydrogens is 271 g/mol. The number of rotatable bonds is 7. The maximum absolute atomic E-state index is 12.0. The zero-order chi connectivity index (χ0) is 15.2. The SMILES string of the molecule is C[C@@H]1CCC[C@](CNCCCC(F)(F)F)(CC(=O)O)C1. The number of aliphatic carboxylic acids is 1. The van der Waals surface area contributed by atoms with Crippen molar-refractivity contribution in [2.75, 3.05) is 13.1 Å². The van der Waals surface area contributed by atoms with Crippen LogP contribution in [0, 0.1) is 11.3 Å². The summed E-state index contributed by atoms with van der Waals surface area (Å²) in [6.07, 6.45) is -0.969. The lowest BCUT2D eigenvalue weighted by Crippen LogP contribution is -2.40. The summed E-state index contributed by atoms with van der Waals surface area (Å²) in [6.45, 7) is 2.90. The van der Waals surface area contributed by atoms with Crippen LogP contribution < -0.4 is 5.32 Å². The van der Waals surface area contributed by atoms with Gasteiger partial charge in [-0.05, 0) is 37.1 Å². The molecule has 2 atom stereocenters. The van der Waals surface area contributed by atoms with Gasteiger partial charge in [0, 0.05) is 13.0 Å². The molecule has 3 nitrogen and oxygen atoms in total. The summed E-state index contributed by atoms with van der Waals surface area (Å²) in [6, 6.07) is 0. The Morgan fingerprint density at radius 2 is 2.15 bits per heavy atom. The molecule has 1 aliphatic rings. The van der Waals surface area contributed by atoms with Crippen molar-refractivity contribution in [1.82, 2.24) is 5.32 Å². The average Bonchev–Trinajstić information content (AvgIpc) is 2.25. The monoisotopic (exact) mass is 295 g/mol. The first-order valence-electron chi connectivity index (χ1n) is 7.22. The molecule has 6 heteroatoms. The van der Waals surface area contributed by atoms with Gasteiger partial charge in [-0.2, -0.15) is 13.2 Å². The molecule has 0 aromatic rings. The second-order valence-corrected chi connectivity index (χ2v) is 6.17. The van der Waals surface area contributed by atoms with Crippen molar-refractivity contribution in [3.8, 4) is 0 Å². The van der Waals surface area contributed by atoms with Crippen LogP contribution >= 0.6 is 0 Å². The maximum Gasteiger partial charge on any atom is 0.389 e. The first kappa shape index (κ1) is 17.3. The number of carboxylic acid groups (broad SMARTS) is 1. The molecule has 118 valence electrons. The van der Waals surface area contributed by atoms with Gasteiger partial charge in [0.1, 0.15) is 0 Å². The molecule has 20 heavy (non-hydrogen) atoms. The van der Waals surface area contributed by atoms with Gasteiger partial charge in [-0.3, -0.25) is 4.79 Å². The summed E-state index contributed by atoms with van der Waals surface area (Å²) in [4.78, 5) is 11.0. The minimum Gasteiger partial charge on any atom is -0.481 e. The molecule has 0 heterocycles. The smallest absolute Gasteiger partial charge is 0.389 e. The molecule has 0 aromatic heterocycles. The Bertz CT molecular complexity index is 320. The van der Waals surface area contributed by atoms with Crippen LogP contribution in [0.25, 0.3) is 0 Å². The number of nitrogens with one attached hydrogen (secondary N) is 1. The molecule has 1 saturated carbocycles. The van der Waals surface area contributed by atoms with Crippen molar-refractivity contribution in [2.24, 2.45) is 11.3 Å². The van der Waals surface area contributed by atoms with Crippen LogP contribution in [0.4, 0.5) is 13.2 Å². The fourth-order valence-corrected chi connectivity index (χ4v) is 3.24. The van der Waals surface area contributed by atoms with Gasteiger partial charge in [0.15, 0.2) is 0 Å². The Labute approximate surface area is 117 Å². The molecule has 0 saturated heterocycles. The third kappa shape index (κ3) is 6.59. The van der Waals surface area contributed by atoms with Crippen molar-refractivity contribution in [3.05, 3.63) is 0 Å². The third-order valence-corrected chi connectivity index (χ3v) is 4.03. The van der Waals surface area contributed by atoms with Crippen LogP contribution in [-0.4, -0.2) is 30.3 Å². The van der Waals surface area contributed by atoms with Crippen LogP contribution in [-0.2, 0) is 4.79 Å². The van der Waals surface area contributed by atoms with E-state index in [-0.39, 0.29) is 24.8 Å². The molecule has 2 N–H and O–H groups in total. The molecule has 0 unspecified atom stereocenters. The van der Waals surface area contributed by atoms with Crippen molar-refractivity contribution in [3.63, 3.8) is 0 Å². The first-order chi connectivity index (χ1) is 9.22. The lowest BCUT2D eigenvalue weighted by Gasteiger charge is -2.39. The van der Waals surface area contributed by atoms with E-state index in [1.807, 2.05) is 0 Å². The van der Waals surface area contributed by atoms with E-state index in [9.17, 15) is 18.0 Å². The van der Waals surface area contributed by atoms with Crippen molar-refractivity contribution >= 4 is 5.97 Å². The van der Waals surface area contributed by atoms with E-state index in [0.717, 1.165) is 25.7 Å². The molecule has 0 amide bonds. The highest BCUT2D eigenvalue weighted by Crippen LogP contribution is 2.41. The zero-order valence-corrected chi connectivity index (χ0v) is 11.9. The summed E-state index contributed by atoms with van der Waals surface area (Å²) in [7, 11) is 0. The number of halogens is 3. The molecule has 1 aliphatic carbocycles. The highest BCUT2D eigenvalue weighted by atomic mass is 19.4. The molecular formula is C14H24F3NO2. The summed E-state index contributed by atoms with van der Waals surface area (Å²) in [5, 5.41) is 12.1. The second kappa shape index (κ2) is 7.29. The van der Waals surface area contributed by atoms with Gasteiger partial charge < -0.3 is 10.4 Å². The van der Waals surface area contributed by atoms with E-state index < -0.39 is 18.6 Å². The number of carbonyl (C=O) groups is 1. The zero-order valence-electron chi connectivity index (χ0n) is 11.9. The van der Waals surface area contributed by atoms with Crippen molar-refractivity contribution < 1.29 is 23.1 Å². The van der Waals surface area contributed by atoms with E-state index >= 15 is 0 Å². The molecule has 0 aliphatic heterocycles. The van der Waals surface area contributed by atoms with Crippen LogP contribution in [0.15, 0.2) is 0 Å². The van der Waals surface area contributed by atoms with Crippen LogP contribution in [0.5, 0.6) is 0 Å². The van der Waals surface area contributed by atoms with Crippen LogP contribution in [0.2, 0.25) is 0 Å². The normalized spacial score (nSPS) is 27.5. The highest BCUT2D eigenvalue weighted by Gasteiger charge is 2.36. The largest absolute Gasteiger partial charge is 0.481 e. The van der Waals surface area contributed by atoms with E-state index in [1.54, 1.807) is 0 Å². The predicted octanol–water partition coefficient (Wildman–Crippen LogP) is 3.59.